The number of carbonyl (C=O) groups is 1. The van der Waals surface area contributed by atoms with Crippen LogP contribution in [0.15, 0.2) is 16.3 Å². The second kappa shape index (κ2) is 6.02. The van der Waals surface area contributed by atoms with Gasteiger partial charge in [0.25, 0.3) is 0 Å². The lowest BCUT2D eigenvalue weighted by atomic mass is 10.5. The molecule has 3 nitrogen and oxygen atoms in total. The van der Waals surface area contributed by atoms with Crippen molar-refractivity contribution in [1.82, 2.24) is 4.90 Å². The molecule has 1 aromatic heterocycles. The molecule has 0 aliphatic heterocycles. The Balaban J connectivity index is 2.65. The van der Waals surface area contributed by atoms with Crippen LogP contribution < -0.4 is 4.74 Å². The third-order valence-corrected chi connectivity index (χ3v) is 3.70. The Morgan fingerprint density at radius 3 is 2.73 bits per heavy atom. The standard InChI is InChI=1S/C10H15NO2S2/c1-4-11(5-2)10(12)13-9-8(14-3)6-7-15-9/h6-7H,4-5H2,1-3H3. The van der Waals surface area contributed by atoms with E-state index in [2.05, 4.69) is 0 Å². The van der Waals surface area contributed by atoms with Crippen molar-refractivity contribution in [2.75, 3.05) is 19.3 Å². The van der Waals surface area contributed by atoms with E-state index >= 15 is 0 Å². The summed E-state index contributed by atoms with van der Waals surface area (Å²) in [4.78, 5) is 14.3. The van der Waals surface area contributed by atoms with Crippen LogP contribution in [0.1, 0.15) is 13.8 Å². The van der Waals surface area contributed by atoms with Crippen LogP contribution in [-0.4, -0.2) is 30.3 Å². The van der Waals surface area contributed by atoms with Gasteiger partial charge in [0.15, 0.2) is 5.06 Å². The zero-order valence-corrected chi connectivity index (χ0v) is 10.8. The summed E-state index contributed by atoms with van der Waals surface area (Å²) in [6.07, 6.45) is 1.70. The van der Waals surface area contributed by atoms with Gasteiger partial charge < -0.3 is 9.64 Å². The third kappa shape index (κ3) is 3.14. The summed E-state index contributed by atoms with van der Waals surface area (Å²) < 4.78 is 5.30. The molecule has 1 rings (SSSR count). The van der Waals surface area contributed by atoms with Crippen LogP contribution in [-0.2, 0) is 0 Å². The van der Waals surface area contributed by atoms with Crippen LogP contribution >= 0.6 is 23.1 Å². The largest absolute Gasteiger partial charge is 0.416 e. The van der Waals surface area contributed by atoms with E-state index < -0.39 is 0 Å². The number of nitrogens with zero attached hydrogens (tertiary/aromatic N) is 1. The maximum Gasteiger partial charge on any atom is 0.416 e. The van der Waals surface area contributed by atoms with Gasteiger partial charge in [0.2, 0.25) is 0 Å². The number of thioether (sulfide) groups is 1. The molecule has 0 atom stereocenters. The lowest BCUT2D eigenvalue weighted by molar-refractivity contribution is 0.158. The molecule has 1 aromatic rings. The predicted octanol–water partition coefficient (Wildman–Crippen LogP) is 3.31. The molecule has 84 valence electrons. The minimum absolute atomic E-state index is 0.266. The Bertz CT molecular complexity index is 321. The second-order valence-corrected chi connectivity index (χ2v) is 4.54. The molecular weight excluding hydrogens is 230 g/mol. The van der Waals surface area contributed by atoms with E-state index in [1.54, 1.807) is 16.7 Å². The number of hydrogen-bond acceptors (Lipinski definition) is 4. The van der Waals surface area contributed by atoms with Gasteiger partial charge in [-0.3, -0.25) is 0 Å². The first-order chi connectivity index (χ1) is 7.22. The van der Waals surface area contributed by atoms with Crippen LogP contribution in [0.4, 0.5) is 4.79 Å². The SMILES string of the molecule is CCN(CC)C(=O)Oc1sccc1SC. The first kappa shape index (κ1) is 12.4. The number of ether oxygens (including phenoxy) is 1. The minimum atomic E-state index is -0.266. The summed E-state index contributed by atoms with van der Waals surface area (Å²) in [5.74, 6) is 0. The molecule has 0 spiro atoms. The van der Waals surface area contributed by atoms with Gasteiger partial charge in [-0.25, -0.2) is 4.79 Å². The summed E-state index contributed by atoms with van der Waals surface area (Å²) in [5.41, 5.74) is 0. The van der Waals surface area contributed by atoms with Gasteiger partial charge >= 0.3 is 6.09 Å². The van der Waals surface area contributed by atoms with E-state index in [4.69, 9.17) is 4.74 Å². The fourth-order valence-electron chi connectivity index (χ4n) is 1.14. The van der Waals surface area contributed by atoms with Crippen LogP contribution in [0.2, 0.25) is 0 Å². The van der Waals surface area contributed by atoms with Crippen molar-refractivity contribution in [3.05, 3.63) is 11.4 Å². The highest BCUT2D eigenvalue weighted by molar-refractivity contribution is 7.98. The molecular formula is C10H15NO2S2. The maximum absolute atomic E-state index is 11.6. The van der Waals surface area contributed by atoms with Crippen molar-refractivity contribution in [3.8, 4) is 5.06 Å². The smallest absolute Gasteiger partial charge is 0.398 e. The summed E-state index contributed by atoms with van der Waals surface area (Å²) in [6, 6.07) is 1.96. The Kier molecular flexibility index (Phi) is 4.98. The molecule has 0 saturated carbocycles. The Morgan fingerprint density at radius 1 is 1.53 bits per heavy atom. The highest BCUT2D eigenvalue weighted by Gasteiger charge is 2.14. The summed E-state index contributed by atoms with van der Waals surface area (Å²) in [7, 11) is 0. The highest BCUT2D eigenvalue weighted by Crippen LogP contribution is 2.33. The third-order valence-electron chi connectivity index (χ3n) is 2.02. The van der Waals surface area contributed by atoms with E-state index in [9.17, 15) is 4.79 Å². The average molecular weight is 245 g/mol. The summed E-state index contributed by atoms with van der Waals surface area (Å²) >= 11 is 3.04. The van der Waals surface area contributed by atoms with E-state index in [1.807, 2.05) is 31.5 Å². The van der Waals surface area contributed by atoms with Crippen LogP contribution in [0.25, 0.3) is 0 Å². The van der Waals surface area contributed by atoms with Gasteiger partial charge in [-0.15, -0.1) is 23.1 Å². The van der Waals surface area contributed by atoms with Crippen molar-refractivity contribution in [3.63, 3.8) is 0 Å². The molecule has 1 heterocycles. The fraction of sp³-hybridized carbons (Fsp3) is 0.500. The van der Waals surface area contributed by atoms with E-state index in [0.29, 0.717) is 18.2 Å². The number of thiophene rings is 1. The Labute approximate surface area is 98.4 Å². The van der Waals surface area contributed by atoms with E-state index in [0.717, 1.165) is 4.90 Å². The van der Waals surface area contributed by atoms with E-state index in [1.165, 1.54) is 11.3 Å². The first-order valence-corrected chi connectivity index (χ1v) is 6.91. The van der Waals surface area contributed by atoms with Crippen molar-refractivity contribution < 1.29 is 9.53 Å². The Hall–Kier alpha value is -0.680. The van der Waals surface area contributed by atoms with Crippen molar-refractivity contribution in [1.29, 1.82) is 0 Å². The molecule has 0 N–H and O–H groups in total. The minimum Gasteiger partial charge on any atom is -0.398 e. The monoisotopic (exact) mass is 245 g/mol. The Morgan fingerprint density at radius 2 is 2.20 bits per heavy atom. The molecule has 1 amide bonds. The van der Waals surface area contributed by atoms with Gasteiger partial charge in [0.1, 0.15) is 0 Å². The summed E-state index contributed by atoms with van der Waals surface area (Å²) in [5, 5.41) is 2.62. The van der Waals surface area contributed by atoms with Crippen molar-refractivity contribution in [2.45, 2.75) is 18.7 Å². The van der Waals surface area contributed by atoms with Gasteiger partial charge in [-0.2, -0.15) is 0 Å². The maximum atomic E-state index is 11.6. The molecule has 0 unspecified atom stereocenters. The lowest BCUT2D eigenvalue weighted by Gasteiger charge is -2.17. The second-order valence-electron chi connectivity index (χ2n) is 2.82. The van der Waals surface area contributed by atoms with Gasteiger partial charge in [0.05, 0.1) is 4.90 Å². The molecule has 0 saturated heterocycles. The molecule has 0 aromatic carbocycles. The topological polar surface area (TPSA) is 29.5 Å². The quantitative estimate of drug-likeness (QED) is 0.762. The van der Waals surface area contributed by atoms with Crippen LogP contribution in [0.3, 0.4) is 0 Å². The molecule has 0 radical (unpaired) electrons. The zero-order valence-electron chi connectivity index (χ0n) is 9.15. The fourth-order valence-corrected chi connectivity index (χ4v) is 2.66. The van der Waals surface area contributed by atoms with Gasteiger partial charge in [0, 0.05) is 13.1 Å². The molecule has 0 aliphatic rings. The normalized spacial score (nSPS) is 10.1. The van der Waals surface area contributed by atoms with Gasteiger partial charge in [-0.05, 0) is 31.5 Å². The number of carbonyl (C=O) groups excluding carboxylic acids is 1. The first-order valence-electron chi connectivity index (χ1n) is 4.81. The zero-order chi connectivity index (χ0) is 11.3. The van der Waals surface area contributed by atoms with Crippen molar-refractivity contribution in [2.24, 2.45) is 0 Å². The predicted molar refractivity (Wildman–Crippen MR) is 65.0 cm³/mol. The number of hydrogen-bond donors (Lipinski definition) is 0. The molecule has 0 bridgehead atoms. The molecule has 5 heteroatoms. The number of amides is 1. The van der Waals surface area contributed by atoms with Crippen molar-refractivity contribution >= 4 is 29.2 Å². The van der Waals surface area contributed by atoms with E-state index in [-0.39, 0.29) is 6.09 Å². The molecule has 0 aliphatic carbocycles. The lowest BCUT2D eigenvalue weighted by Crippen LogP contribution is -2.32. The average Bonchev–Trinajstić information content (AvgIpc) is 2.67. The molecule has 0 fully saturated rings. The summed E-state index contributed by atoms with van der Waals surface area (Å²) in [6.45, 7) is 5.23. The van der Waals surface area contributed by atoms with Crippen LogP contribution in [0, 0.1) is 0 Å². The molecule has 15 heavy (non-hydrogen) atoms. The number of rotatable bonds is 4. The van der Waals surface area contributed by atoms with Gasteiger partial charge in [-0.1, -0.05) is 0 Å². The highest BCUT2D eigenvalue weighted by atomic mass is 32.2. The van der Waals surface area contributed by atoms with Crippen LogP contribution in [0.5, 0.6) is 5.06 Å².